The van der Waals surface area contributed by atoms with Crippen molar-refractivity contribution in [2.45, 2.75) is 37.1 Å². The first-order valence-corrected chi connectivity index (χ1v) is 9.30. The minimum absolute atomic E-state index is 0.108. The molecule has 0 aliphatic rings. The Morgan fingerprint density at radius 1 is 1.04 bits per heavy atom. The molecule has 2 aromatic carbocycles. The smallest absolute Gasteiger partial charge is 0.210 e. The number of aromatic nitrogens is 3. The Morgan fingerprint density at radius 2 is 1.69 bits per heavy atom. The van der Waals surface area contributed by atoms with Crippen LogP contribution in [0.1, 0.15) is 37.5 Å². The molecular formula is C20H21N5S. The number of nitrogens with zero attached hydrogens (tertiary/aromatic N) is 4. The molecule has 5 nitrogen and oxygen atoms in total. The Kier molecular flexibility index (Phi) is 5.01. The van der Waals surface area contributed by atoms with Crippen molar-refractivity contribution in [3.8, 4) is 17.5 Å². The van der Waals surface area contributed by atoms with E-state index in [2.05, 4.69) is 49.2 Å². The second kappa shape index (κ2) is 7.22. The molecule has 132 valence electrons. The molecule has 2 N–H and O–H groups in total. The van der Waals surface area contributed by atoms with Crippen LogP contribution in [0.3, 0.4) is 0 Å². The second-order valence-corrected chi connectivity index (χ2v) is 8.04. The van der Waals surface area contributed by atoms with Crippen molar-refractivity contribution in [1.29, 1.82) is 5.26 Å². The van der Waals surface area contributed by atoms with Crippen molar-refractivity contribution < 1.29 is 0 Å². The van der Waals surface area contributed by atoms with Crippen LogP contribution in [0.25, 0.3) is 11.4 Å². The highest BCUT2D eigenvalue weighted by Crippen LogP contribution is 2.27. The number of nitrogens with two attached hydrogens (primary N) is 1. The largest absolute Gasteiger partial charge is 0.335 e. The number of nitrogen functional groups attached to an aromatic ring is 1. The summed E-state index contributed by atoms with van der Waals surface area (Å²) < 4.78 is 1.53. The van der Waals surface area contributed by atoms with Gasteiger partial charge in [-0.05, 0) is 28.7 Å². The number of rotatable bonds is 4. The first-order valence-electron chi connectivity index (χ1n) is 8.32. The Balaban J connectivity index is 1.74. The van der Waals surface area contributed by atoms with Crippen molar-refractivity contribution in [3.05, 3.63) is 65.2 Å². The first kappa shape index (κ1) is 18.0. The number of nitriles is 1. The molecule has 0 aliphatic carbocycles. The maximum atomic E-state index is 8.85. The van der Waals surface area contributed by atoms with E-state index in [0.29, 0.717) is 22.3 Å². The summed E-state index contributed by atoms with van der Waals surface area (Å²) in [6.45, 7) is 6.56. The molecule has 0 fully saturated rings. The van der Waals surface area contributed by atoms with Crippen molar-refractivity contribution in [1.82, 2.24) is 14.9 Å². The summed E-state index contributed by atoms with van der Waals surface area (Å²) in [4.78, 5) is 0. The summed E-state index contributed by atoms with van der Waals surface area (Å²) >= 11 is 1.52. The minimum atomic E-state index is 0.108. The van der Waals surface area contributed by atoms with E-state index in [-0.39, 0.29) is 5.41 Å². The minimum Gasteiger partial charge on any atom is -0.335 e. The molecular weight excluding hydrogens is 342 g/mol. The van der Waals surface area contributed by atoms with Gasteiger partial charge >= 0.3 is 0 Å². The van der Waals surface area contributed by atoms with E-state index in [9.17, 15) is 0 Å². The van der Waals surface area contributed by atoms with E-state index in [4.69, 9.17) is 11.1 Å². The lowest BCUT2D eigenvalue weighted by Gasteiger charge is -2.19. The molecule has 0 bridgehead atoms. The normalized spacial score (nSPS) is 11.3. The zero-order valence-electron chi connectivity index (χ0n) is 15.1. The van der Waals surface area contributed by atoms with E-state index in [1.807, 2.05) is 36.4 Å². The fourth-order valence-electron chi connectivity index (χ4n) is 2.52. The van der Waals surface area contributed by atoms with E-state index < -0.39 is 0 Å². The quantitative estimate of drug-likeness (QED) is 0.557. The maximum Gasteiger partial charge on any atom is 0.210 e. The molecule has 0 radical (unpaired) electrons. The second-order valence-electron chi connectivity index (χ2n) is 7.10. The monoisotopic (exact) mass is 363 g/mol. The highest BCUT2D eigenvalue weighted by Gasteiger charge is 2.16. The van der Waals surface area contributed by atoms with Crippen LogP contribution in [-0.4, -0.2) is 14.9 Å². The SMILES string of the molecule is CC(C)(C)c1ccc(-c2nnc(SCc3ccc(C#N)cc3)n2N)cc1. The third-order valence-corrected chi connectivity index (χ3v) is 5.14. The molecule has 6 heteroatoms. The zero-order chi connectivity index (χ0) is 18.7. The zero-order valence-corrected chi connectivity index (χ0v) is 15.9. The van der Waals surface area contributed by atoms with Gasteiger partial charge in [-0.2, -0.15) is 5.26 Å². The Hall–Kier alpha value is -2.78. The summed E-state index contributed by atoms with van der Waals surface area (Å²) in [5, 5.41) is 18.0. The van der Waals surface area contributed by atoms with Gasteiger partial charge < -0.3 is 5.84 Å². The molecule has 0 aliphatic heterocycles. The van der Waals surface area contributed by atoms with Crippen LogP contribution in [0.4, 0.5) is 0 Å². The van der Waals surface area contributed by atoms with Gasteiger partial charge in [0, 0.05) is 11.3 Å². The lowest BCUT2D eigenvalue weighted by Crippen LogP contribution is -2.12. The van der Waals surface area contributed by atoms with Crippen molar-refractivity contribution in [2.24, 2.45) is 0 Å². The van der Waals surface area contributed by atoms with Crippen molar-refractivity contribution in [3.63, 3.8) is 0 Å². The third-order valence-electron chi connectivity index (χ3n) is 4.12. The van der Waals surface area contributed by atoms with Gasteiger partial charge in [0.15, 0.2) is 5.82 Å². The summed E-state index contributed by atoms with van der Waals surface area (Å²) in [5.41, 5.74) is 4.07. The summed E-state index contributed by atoms with van der Waals surface area (Å²) in [6, 6.07) is 17.9. The predicted molar refractivity (Wildman–Crippen MR) is 105 cm³/mol. The van der Waals surface area contributed by atoms with Crippen LogP contribution in [0, 0.1) is 11.3 Å². The third kappa shape index (κ3) is 3.89. The molecule has 0 amide bonds. The van der Waals surface area contributed by atoms with E-state index in [1.54, 1.807) is 0 Å². The fraction of sp³-hybridized carbons (Fsp3) is 0.250. The van der Waals surface area contributed by atoms with Gasteiger partial charge in [0.2, 0.25) is 5.16 Å². The van der Waals surface area contributed by atoms with Gasteiger partial charge in [-0.25, -0.2) is 4.68 Å². The molecule has 0 atom stereocenters. The number of benzene rings is 2. The Morgan fingerprint density at radius 3 is 2.27 bits per heavy atom. The number of thioether (sulfide) groups is 1. The van der Waals surface area contributed by atoms with Gasteiger partial charge in [0.25, 0.3) is 0 Å². The van der Waals surface area contributed by atoms with Gasteiger partial charge in [0.05, 0.1) is 11.6 Å². The lowest BCUT2D eigenvalue weighted by atomic mass is 9.87. The lowest BCUT2D eigenvalue weighted by molar-refractivity contribution is 0.590. The molecule has 0 saturated carbocycles. The van der Waals surface area contributed by atoms with E-state index >= 15 is 0 Å². The Labute approximate surface area is 157 Å². The van der Waals surface area contributed by atoms with Crippen LogP contribution >= 0.6 is 11.8 Å². The average Bonchev–Trinajstić information content (AvgIpc) is 3.00. The van der Waals surface area contributed by atoms with Gasteiger partial charge in [-0.3, -0.25) is 0 Å². The molecule has 0 saturated heterocycles. The molecule has 1 aromatic heterocycles. The first-order chi connectivity index (χ1) is 12.4. The molecule has 26 heavy (non-hydrogen) atoms. The number of hydrogen-bond acceptors (Lipinski definition) is 5. The average molecular weight is 363 g/mol. The topological polar surface area (TPSA) is 80.5 Å². The van der Waals surface area contributed by atoms with E-state index in [1.165, 1.54) is 22.0 Å². The highest BCUT2D eigenvalue weighted by atomic mass is 32.2. The van der Waals surface area contributed by atoms with Crippen LogP contribution in [-0.2, 0) is 11.2 Å². The van der Waals surface area contributed by atoms with Crippen LogP contribution in [0.15, 0.2) is 53.7 Å². The van der Waals surface area contributed by atoms with Crippen LogP contribution < -0.4 is 5.84 Å². The van der Waals surface area contributed by atoms with Gasteiger partial charge in [0.1, 0.15) is 0 Å². The van der Waals surface area contributed by atoms with Crippen molar-refractivity contribution in [2.75, 3.05) is 5.84 Å². The number of hydrogen-bond donors (Lipinski definition) is 1. The standard InChI is InChI=1S/C20H21N5S/c1-20(2,3)17-10-8-16(9-11-17)18-23-24-19(25(18)22)26-13-15-6-4-14(12-21)5-7-15/h4-11H,13,22H2,1-3H3. The van der Waals surface area contributed by atoms with Gasteiger partial charge in [-0.1, -0.05) is 68.9 Å². The van der Waals surface area contributed by atoms with Gasteiger partial charge in [-0.15, -0.1) is 10.2 Å². The van der Waals surface area contributed by atoms with E-state index in [0.717, 1.165) is 11.1 Å². The van der Waals surface area contributed by atoms with Crippen LogP contribution in [0.2, 0.25) is 0 Å². The molecule has 3 aromatic rings. The Bertz CT molecular complexity index is 928. The predicted octanol–water partition coefficient (Wildman–Crippen LogP) is 4.12. The molecule has 0 unspecified atom stereocenters. The highest BCUT2D eigenvalue weighted by molar-refractivity contribution is 7.98. The summed E-state index contributed by atoms with van der Waals surface area (Å²) in [5.74, 6) is 7.56. The van der Waals surface area contributed by atoms with Crippen molar-refractivity contribution >= 4 is 11.8 Å². The molecule has 1 heterocycles. The fourth-order valence-corrected chi connectivity index (χ4v) is 3.33. The molecule has 3 rings (SSSR count). The maximum absolute atomic E-state index is 8.85. The summed E-state index contributed by atoms with van der Waals surface area (Å²) in [6.07, 6.45) is 0. The molecule has 0 spiro atoms. The summed E-state index contributed by atoms with van der Waals surface area (Å²) in [7, 11) is 0. The van der Waals surface area contributed by atoms with Crippen LogP contribution in [0.5, 0.6) is 0 Å².